The van der Waals surface area contributed by atoms with E-state index in [2.05, 4.69) is 21.3 Å². The third kappa shape index (κ3) is 4.27. The lowest BCUT2D eigenvalue weighted by molar-refractivity contribution is 0.0365. The first kappa shape index (κ1) is 20.2. The van der Waals surface area contributed by atoms with Crippen LogP contribution in [-0.2, 0) is 11.3 Å². The van der Waals surface area contributed by atoms with Crippen molar-refractivity contribution < 1.29 is 14.3 Å². The Morgan fingerprint density at radius 2 is 1.79 bits per heavy atom. The number of para-hydroxylation sites is 1. The number of likely N-dealkylation sites (N-methyl/N-ethyl adjacent to an activating group) is 1. The normalized spacial score (nSPS) is 19.0. The van der Waals surface area contributed by atoms with Crippen molar-refractivity contribution in [1.82, 2.24) is 19.3 Å². The van der Waals surface area contributed by atoms with Crippen LogP contribution >= 0.6 is 0 Å². The lowest BCUT2D eigenvalue weighted by atomic mass is 10.1. The number of benzene rings is 1. The monoisotopic (exact) mass is 400 g/mol. The fraction of sp³-hybridized carbons (Fsp3) is 0.591. The SMILES string of the molecule is CCN1CCN(C(=O)c2cn(CCN3CCOCC3)c3c(OC)cccc23)CC1. The number of fused-ring (bicyclic) bond motifs is 1. The van der Waals surface area contributed by atoms with E-state index >= 15 is 0 Å². The average molecular weight is 401 g/mol. The number of carbonyl (C=O) groups excluding carboxylic acids is 1. The summed E-state index contributed by atoms with van der Waals surface area (Å²) in [6.45, 7) is 12.0. The van der Waals surface area contributed by atoms with Crippen molar-refractivity contribution in [3.63, 3.8) is 0 Å². The smallest absolute Gasteiger partial charge is 0.256 e. The molecule has 0 saturated carbocycles. The number of rotatable bonds is 6. The molecule has 0 aliphatic carbocycles. The van der Waals surface area contributed by atoms with Gasteiger partial charge in [0.1, 0.15) is 5.75 Å². The fourth-order valence-corrected chi connectivity index (χ4v) is 4.35. The van der Waals surface area contributed by atoms with Gasteiger partial charge in [0.25, 0.3) is 5.91 Å². The Morgan fingerprint density at radius 1 is 1.03 bits per heavy atom. The molecule has 0 N–H and O–H groups in total. The van der Waals surface area contributed by atoms with Crippen LogP contribution in [0.3, 0.4) is 0 Å². The first-order valence-corrected chi connectivity index (χ1v) is 10.7. The quantitative estimate of drug-likeness (QED) is 0.740. The molecule has 0 radical (unpaired) electrons. The highest BCUT2D eigenvalue weighted by Gasteiger charge is 2.25. The van der Waals surface area contributed by atoms with Crippen molar-refractivity contribution in [1.29, 1.82) is 0 Å². The van der Waals surface area contributed by atoms with Gasteiger partial charge in [0.05, 0.1) is 31.4 Å². The lowest BCUT2D eigenvalue weighted by Gasteiger charge is -2.34. The standard InChI is InChI=1S/C22H32N4O3/c1-3-23-7-10-25(11-8-23)22(27)19-17-26(12-9-24-13-15-29-16-14-24)21-18(19)5-4-6-20(21)28-2/h4-6,17H,3,7-16H2,1-2H3. The van der Waals surface area contributed by atoms with Crippen molar-refractivity contribution in [2.75, 3.05) is 72.7 Å². The van der Waals surface area contributed by atoms with E-state index in [9.17, 15) is 4.79 Å². The molecule has 0 atom stereocenters. The van der Waals surface area contributed by atoms with Crippen LogP contribution in [0.5, 0.6) is 5.75 Å². The van der Waals surface area contributed by atoms with Crippen LogP contribution in [0.2, 0.25) is 0 Å². The molecule has 0 spiro atoms. The van der Waals surface area contributed by atoms with Gasteiger partial charge in [-0.2, -0.15) is 0 Å². The first-order valence-electron chi connectivity index (χ1n) is 10.7. The highest BCUT2D eigenvalue weighted by Crippen LogP contribution is 2.31. The number of aromatic nitrogens is 1. The van der Waals surface area contributed by atoms with Gasteiger partial charge in [-0.05, 0) is 12.6 Å². The molecule has 158 valence electrons. The van der Waals surface area contributed by atoms with Crippen molar-refractivity contribution in [2.24, 2.45) is 0 Å². The molecule has 3 heterocycles. The topological polar surface area (TPSA) is 50.2 Å². The zero-order valence-corrected chi connectivity index (χ0v) is 17.6. The Bertz CT molecular complexity index is 836. The van der Waals surface area contributed by atoms with E-state index in [-0.39, 0.29) is 5.91 Å². The summed E-state index contributed by atoms with van der Waals surface area (Å²) in [5.41, 5.74) is 1.80. The van der Waals surface area contributed by atoms with Crippen molar-refractivity contribution in [3.8, 4) is 5.75 Å². The molecule has 7 nitrogen and oxygen atoms in total. The van der Waals surface area contributed by atoms with Crippen LogP contribution in [0.25, 0.3) is 10.9 Å². The summed E-state index contributed by atoms with van der Waals surface area (Å²) in [6.07, 6.45) is 2.03. The summed E-state index contributed by atoms with van der Waals surface area (Å²) in [6, 6.07) is 5.99. The summed E-state index contributed by atoms with van der Waals surface area (Å²) in [5.74, 6) is 0.948. The summed E-state index contributed by atoms with van der Waals surface area (Å²) in [7, 11) is 1.69. The first-order chi connectivity index (χ1) is 14.2. The molecule has 1 aromatic heterocycles. The molecule has 1 amide bonds. The fourth-order valence-electron chi connectivity index (χ4n) is 4.35. The number of piperazine rings is 1. The summed E-state index contributed by atoms with van der Waals surface area (Å²) in [4.78, 5) is 20.1. The molecule has 7 heteroatoms. The van der Waals surface area contributed by atoms with Crippen LogP contribution < -0.4 is 4.74 Å². The maximum absolute atomic E-state index is 13.4. The number of morpholine rings is 1. The minimum atomic E-state index is 0.129. The molecule has 0 unspecified atom stereocenters. The van der Waals surface area contributed by atoms with Gasteiger partial charge in [-0.3, -0.25) is 9.69 Å². The molecule has 2 saturated heterocycles. The minimum Gasteiger partial charge on any atom is -0.495 e. The molecule has 2 aromatic rings. The van der Waals surface area contributed by atoms with Crippen molar-refractivity contribution in [3.05, 3.63) is 30.0 Å². The van der Waals surface area contributed by atoms with Crippen LogP contribution in [0.15, 0.2) is 24.4 Å². The second kappa shape index (κ2) is 9.15. The Hall–Kier alpha value is -2.09. The van der Waals surface area contributed by atoms with E-state index in [0.29, 0.717) is 0 Å². The maximum Gasteiger partial charge on any atom is 0.256 e. The zero-order valence-electron chi connectivity index (χ0n) is 17.6. The molecule has 1 aromatic carbocycles. The maximum atomic E-state index is 13.4. The van der Waals surface area contributed by atoms with Crippen molar-refractivity contribution in [2.45, 2.75) is 13.5 Å². The number of hydrogen-bond donors (Lipinski definition) is 0. The van der Waals surface area contributed by atoms with Gasteiger partial charge in [0, 0.05) is 63.9 Å². The molecule has 2 fully saturated rings. The van der Waals surface area contributed by atoms with E-state index in [1.807, 2.05) is 29.3 Å². The molecular formula is C22H32N4O3. The molecule has 2 aliphatic heterocycles. The molecule has 0 bridgehead atoms. The number of amides is 1. The second-order valence-electron chi connectivity index (χ2n) is 7.77. The van der Waals surface area contributed by atoms with E-state index in [1.165, 1.54) is 0 Å². The minimum absolute atomic E-state index is 0.129. The van der Waals surface area contributed by atoms with Gasteiger partial charge >= 0.3 is 0 Å². The number of hydrogen-bond acceptors (Lipinski definition) is 5. The Balaban J connectivity index is 1.59. The van der Waals surface area contributed by atoms with Gasteiger partial charge in [-0.1, -0.05) is 19.1 Å². The number of nitrogens with zero attached hydrogens (tertiary/aromatic N) is 4. The van der Waals surface area contributed by atoms with Crippen LogP contribution in [0.1, 0.15) is 17.3 Å². The third-order valence-corrected chi connectivity index (χ3v) is 6.18. The predicted octanol–water partition coefficient (Wildman–Crippen LogP) is 1.76. The average Bonchev–Trinajstić information content (AvgIpc) is 3.17. The Labute approximate surface area is 172 Å². The van der Waals surface area contributed by atoms with Gasteiger partial charge in [0.15, 0.2) is 0 Å². The Morgan fingerprint density at radius 3 is 2.48 bits per heavy atom. The van der Waals surface area contributed by atoms with Crippen molar-refractivity contribution >= 4 is 16.8 Å². The van der Waals surface area contributed by atoms with Gasteiger partial charge in [-0.25, -0.2) is 0 Å². The molecular weight excluding hydrogens is 368 g/mol. The molecule has 2 aliphatic rings. The molecule has 4 rings (SSSR count). The Kier molecular flexibility index (Phi) is 6.37. The number of methoxy groups -OCH3 is 1. The van der Waals surface area contributed by atoms with E-state index < -0.39 is 0 Å². The van der Waals surface area contributed by atoms with Gasteiger partial charge in [0.2, 0.25) is 0 Å². The number of ether oxygens (including phenoxy) is 2. The third-order valence-electron chi connectivity index (χ3n) is 6.18. The highest BCUT2D eigenvalue weighted by molar-refractivity contribution is 6.08. The zero-order chi connectivity index (χ0) is 20.2. The van der Waals surface area contributed by atoms with Gasteiger partial charge in [-0.15, -0.1) is 0 Å². The predicted molar refractivity (Wildman–Crippen MR) is 114 cm³/mol. The summed E-state index contributed by atoms with van der Waals surface area (Å²) in [5, 5.41) is 0.981. The number of carbonyl (C=O) groups is 1. The van der Waals surface area contributed by atoms with E-state index in [4.69, 9.17) is 9.47 Å². The highest BCUT2D eigenvalue weighted by atomic mass is 16.5. The van der Waals surface area contributed by atoms with Crippen LogP contribution in [0, 0.1) is 0 Å². The lowest BCUT2D eigenvalue weighted by Crippen LogP contribution is -2.48. The van der Waals surface area contributed by atoms with Crippen LogP contribution in [0.4, 0.5) is 0 Å². The molecule has 29 heavy (non-hydrogen) atoms. The van der Waals surface area contributed by atoms with E-state index in [0.717, 1.165) is 94.3 Å². The van der Waals surface area contributed by atoms with Gasteiger partial charge < -0.3 is 23.8 Å². The largest absolute Gasteiger partial charge is 0.495 e. The summed E-state index contributed by atoms with van der Waals surface area (Å²) < 4.78 is 13.3. The van der Waals surface area contributed by atoms with E-state index in [1.54, 1.807) is 7.11 Å². The van der Waals surface area contributed by atoms with Crippen LogP contribution in [-0.4, -0.2) is 97.9 Å². The summed E-state index contributed by atoms with van der Waals surface area (Å²) >= 11 is 0. The second-order valence-corrected chi connectivity index (χ2v) is 7.77.